The molecule has 5 heteroatoms. The van der Waals surface area contributed by atoms with E-state index in [0.29, 0.717) is 12.0 Å². The number of alkyl halides is 3. The number of hydrogen-bond acceptors (Lipinski definition) is 1. The summed E-state index contributed by atoms with van der Waals surface area (Å²) in [5, 5.41) is 3.49. The fraction of sp³-hybridized carbons (Fsp3) is 0.333. The highest BCUT2D eigenvalue weighted by Crippen LogP contribution is 2.38. The average Bonchev–Trinajstić information content (AvgIpc) is 2.57. The molecule has 1 aliphatic heterocycles. The van der Waals surface area contributed by atoms with Crippen molar-refractivity contribution in [2.75, 3.05) is 5.32 Å². The van der Waals surface area contributed by atoms with Gasteiger partial charge in [-0.25, -0.2) is 4.39 Å². The Labute approximate surface area is 150 Å². The molecule has 0 saturated carbocycles. The van der Waals surface area contributed by atoms with Gasteiger partial charge in [-0.05, 0) is 73.2 Å². The van der Waals surface area contributed by atoms with Crippen LogP contribution in [0, 0.1) is 19.7 Å². The van der Waals surface area contributed by atoms with E-state index in [1.165, 1.54) is 6.07 Å². The van der Waals surface area contributed by atoms with Crippen LogP contribution in [0.4, 0.5) is 23.2 Å². The summed E-state index contributed by atoms with van der Waals surface area (Å²) in [6.07, 6.45) is -1.35. The van der Waals surface area contributed by atoms with Gasteiger partial charge in [0.15, 0.2) is 0 Å². The highest BCUT2D eigenvalue weighted by atomic mass is 19.4. The molecule has 1 heterocycles. The molecule has 1 aliphatic rings. The lowest BCUT2D eigenvalue weighted by atomic mass is 9.88. The predicted octanol–water partition coefficient (Wildman–Crippen LogP) is 6.60. The maximum absolute atomic E-state index is 13.5. The minimum absolute atomic E-state index is 0.221. The normalized spacial score (nSPS) is 18.6. The molecule has 1 unspecified atom stereocenters. The number of halogens is 4. The molecule has 0 aromatic heterocycles. The van der Waals surface area contributed by atoms with Gasteiger partial charge in [-0.1, -0.05) is 19.1 Å². The van der Waals surface area contributed by atoms with Crippen molar-refractivity contribution in [1.82, 2.24) is 0 Å². The quantitative estimate of drug-likeness (QED) is 0.593. The van der Waals surface area contributed by atoms with Crippen LogP contribution in [0.1, 0.15) is 47.6 Å². The lowest BCUT2D eigenvalue weighted by molar-refractivity contribution is -0.140. The lowest BCUT2D eigenvalue weighted by Crippen LogP contribution is -2.24. The van der Waals surface area contributed by atoms with E-state index >= 15 is 0 Å². The Hall–Kier alpha value is -2.30. The first kappa shape index (κ1) is 18.5. The number of fused-ring (bicyclic) bond motifs is 1. The van der Waals surface area contributed by atoms with E-state index in [4.69, 9.17) is 0 Å². The van der Waals surface area contributed by atoms with Crippen LogP contribution in [0.25, 0.3) is 11.6 Å². The van der Waals surface area contributed by atoms with Crippen LogP contribution < -0.4 is 5.32 Å². The molecule has 0 fully saturated rings. The van der Waals surface area contributed by atoms with Gasteiger partial charge >= 0.3 is 6.18 Å². The van der Waals surface area contributed by atoms with E-state index in [0.717, 1.165) is 46.5 Å². The SMILES string of the molecule is CCC1CC(=Cc2ccc(F)c(C(F)(F)F)c2)c2cc(C)c(C)cc2N1. The topological polar surface area (TPSA) is 12.0 Å². The van der Waals surface area contributed by atoms with Crippen molar-refractivity contribution >= 4 is 17.3 Å². The highest BCUT2D eigenvalue weighted by molar-refractivity contribution is 5.89. The number of hydrogen-bond donors (Lipinski definition) is 1. The summed E-state index contributed by atoms with van der Waals surface area (Å²) in [5.74, 6) is -1.25. The van der Waals surface area contributed by atoms with Gasteiger partial charge < -0.3 is 5.32 Å². The third-order valence-electron chi connectivity index (χ3n) is 4.94. The summed E-state index contributed by atoms with van der Waals surface area (Å²) < 4.78 is 52.5. The molecule has 0 radical (unpaired) electrons. The van der Waals surface area contributed by atoms with Crippen molar-refractivity contribution in [3.05, 3.63) is 64.0 Å². The van der Waals surface area contributed by atoms with Gasteiger partial charge in [0.25, 0.3) is 0 Å². The molecule has 1 atom stereocenters. The van der Waals surface area contributed by atoms with E-state index in [1.54, 1.807) is 6.08 Å². The minimum Gasteiger partial charge on any atom is -0.381 e. The summed E-state index contributed by atoms with van der Waals surface area (Å²) in [6, 6.07) is 7.51. The van der Waals surface area contributed by atoms with Gasteiger partial charge in [0.05, 0.1) is 5.56 Å². The van der Waals surface area contributed by atoms with Crippen molar-refractivity contribution in [2.24, 2.45) is 0 Å². The molecule has 2 aromatic carbocycles. The summed E-state index contributed by atoms with van der Waals surface area (Å²) in [7, 11) is 0. The predicted molar refractivity (Wildman–Crippen MR) is 97.5 cm³/mol. The fourth-order valence-electron chi connectivity index (χ4n) is 3.28. The van der Waals surface area contributed by atoms with Crippen LogP contribution in [-0.4, -0.2) is 6.04 Å². The second-order valence-electron chi connectivity index (χ2n) is 6.84. The van der Waals surface area contributed by atoms with Crippen LogP contribution in [0.15, 0.2) is 30.3 Å². The van der Waals surface area contributed by atoms with E-state index in [2.05, 4.69) is 24.4 Å². The Morgan fingerprint density at radius 2 is 1.81 bits per heavy atom. The third-order valence-corrected chi connectivity index (χ3v) is 4.94. The Kier molecular flexibility index (Phi) is 4.82. The van der Waals surface area contributed by atoms with Crippen LogP contribution in [0.2, 0.25) is 0 Å². The standard InChI is InChI=1S/C21H21F4N/c1-4-16-11-15(17-7-12(2)13(3)8-20(17)26-16)9-14-5-6-19(22)18(10-14)21(23,24)25/h5-10,16,26H,4,11H2,1-3H3. The maximum atomic E-state index is 13.5. The average molecular weight is 363 g/mol. The lowest BCUT2D eigenvalue weighted by Gasteiger charge is -2.29. The Bertz CT molecular complexity index is 865. The smallest absolute Gasteiger partial charge is 0.381 e. The van der Waals surface area contributed by atoms with E-state index in [9.17, 15) is 17.6 Å². The first-order valence-corrected chi connectivity index (χ1v) is 8.64. The number of benzene rings is 2. The number of anilines is 1. The van der Waals surface area contributed by atoms with Crippen molar-refractivity contribution in [1.29, 1.82) is 0 Å². The van der Waals surface area contributed by atoms with E-state index in [1.807, 2.05) is 13.8 Å². The van der Waals surface area contributed by atoms with Crippen molar-refractivity contribution in [2.45, 2.75) is 45.8 Å². The van der Waals surface area contributed by atoms with Crippen LogP contribution in [0.5, 0.6) is 0 Å². The molecule has 2 aromatic rings. The molecule has 26 heavy (non-hydrogen) atoms. The second-order valence-corrected chi connectivity index (χ2v) is 6.84. The van der Waals surface area contributed by atoms with Gasteiger partial charge in [-0.2, -0.15) is 13.2 Å². The summed E-state index contributed by atoms with van der Waals surface area (Å²) in [4.78, 5) is 0. The monoisotopic (exact) mass is 363 g/mol. The van der Waals surface area contributed by atoms with Gasteiger partial charge in [0.2, 0.25) is 0 Å². The molecule has 138 valence electrons. The minimum atomic E-state index is -4.70. The zero-order valence-corrected chi connectivity index (χ0v) is 15.0. The molecular weight excluding hydrogens is 342 g/mol. The fourth-order valence-corrected chi connectivity index (χ4v) is 3.28. The molecule has 1 nitrogen and oxygen atoms in total. The van der Waals surface area contributed by atoms with Gasteiger partial charge in [-0.15, -0.1) is 0 Å². The number of nitrogens with one attached hydrogen (secondary N) is 1. The third kappa shape index (κ3) is 3.62. The Morgan fingerprint density at radius 3 is 2.46 bits per heavy atom. The summed E-state index contributed by atoms with van der Waals surface area (Å²) in [6.45, 7) is 6.12. The largest absolute Gasteiger partial charge is 0.419 e. The van der Waals surface area contributed by atoms with E-state index < -0.39 is 17.6 Å². The van der Waals surface area contributed by atoms with Crippen molar-refractivity contribution in [3.63, 3.8) is 0 Å². The van der Waals surface area contributed by atoms with Gasteiger partial charge in [-0.3, -0.25) is 0 Å². The van der Waals surface area contributed by atoms with Crippen molar-refractivity contribution < 1.29 is 17.6 Å². The molecule has 0 spiro atoms. The molecule has 0 aliphatic carbocycles. The molecule has 0 bridgehead atoms. The summed E-state index contributed by atoms with van der Waals surface area (Å²) >= 11 is 0. The zero-order chi connectivity index (χ0) is 19.1. The molecule has 0 saturated heterocycles. The zero-order valence-electron chi connectivity index (χ0n) is 15.0. The van der Waals surface area contributed by atoms with Crippen LogP contribution >= 0.6 is 0 Å². The van der Waals surface area contributed by atoms with Crippen LogP contribution in [-0.2, 0) is 6.18 Å². The van der Waals surface area contributed by atoms with Crippen molar-refractivity contribution in [3.8, 4) is 0 Å². The van der Waals surface area contributed by atoms with Crippen LogP contribution in [0.3, 0.4) is 0 Å². The Balaban J connectivity index is 2.10. The number of aryl methyl sites for hydroxylation is 2. The molecular formula is C21H21F4N. The molecule has 3 rings (SSSR count). The second kappa shape index (κ2) is 6.78. The maximum Gasteiger partial charge on any atom is 0.419 e. The van der Waals surface area contributed by atoms with Gasteiger partial charge in [0, 0.05) is 17.3 Å². The first-order valence-electron chi connectivity index (χ1n) is 8.64. The van der Waals surface area contributed by atoms with E-state index in [-0.39, 0.29) is 6.04 Å². The first-order chi connectivity index (χ1) is 12.2. The molecule has 1 N–H and O–H groups in total. The molecule has 0 amide bonds. The van der Waals surface area contributed by atoms with Gasteiger partial charge in [0.1, 0.15) is 5.82 Å². The Morgan fingerprint density at radius 1 is 1.12 bits per heavy atom. The summed E-state index contributed by atoms with van der Waals surface area (Å²) in [5.41, 5.74) is 4.37. The highest BCUT2D eigenvalue weighted by Gasteiger charge is 2.34. The number of rotatable bonds is 2.